The second-order valence-electron chi connectivity index (χ2n) is 6.45. The largest absolute Gasteiger partial charge is 0.476 e. The summed E-state index contributed by atoms with van der Waals surface area (Å²) < 4.78 is 88.5. The molecule has 9 heteroatoms. The van der Waals surface area contributed by atoms with Gasteiger partial charge in [-0.05, 0) is 19.9 Å². The number of rotatable bonds is 2. The third-order valence-electron chi connectivity index (χ3n) is 4.19. The zero-order chi connectivity index (χ0) is 21.0. The molecule has 2 aromatic carbocycles. The van der Waals surface area contributed by atoms with Crippen molar-refractivity contribution in [2.24, 2.45) is 0 Å². The highest BCUT2D eigenvalue weighted by atomic mass is 19.2. The van der Waals surface area contributed by atoms with Gasteiger partial charge in [-0.15, -0.1) is 6.42 Å². The normalized spacial score (nSPS) is 15.1. The van der Waals surface area contributed by atoms with Crippen LogP contribution in [0.2, 0.25) is 0 Å². The lowest BCUT2D eigenvalue weighted by Gasteiger charge is -2.38. The van der Waals surface area contributed by atoms with Crippen LogP contribution in [-0.4, -0.2) is 18.1 Å². The number of carbonyl (C=O) groups excluding carboxylic acids is 1. The summed E-state index contributed by atoms with van der Waals surface area (Å²) in [7, 11) is 0. The Bertz CT molecular complexity index is 1030. The van der Waals surface area contributed by atoms with Gasteiger partial charge in [0, 0.05) is 11.6 Å². The Morgan fingerprint density at radius 1 is 1.00 bits per heavy atom. The molecule has 1 aliphatic rings. The molecule has 0 radical (unpaired) electrons. The highest BCUT2D eigenvalue weighted by Crippen LogP contribution is 2.43. The first kappa shape index (κ1) is 19.6. The van der Waals surface area contributed by atoms with Crippen LogP contribution >= 0.6 is 0 Å². The average Bonchev–Trinajstić information content (AvgIpc) is 2.63. The molecule has 1 aliphatic heterocycles. The van der Waals surface area contributed by atoms with Gasteiger partial charge in [-0.3, -0.25) is 9.69 Å². The van der Waals surface area contributed by atoms with Crippen LogP contribution in [0.1, 0.15) is 13.8 Å². The third kappa shape index (κ3) is 2.76. The highest BCUT2D eigenvalue weighted by Gasteiger charge is 2.41. The fourth-order valence-corrected chi connectivity index (χ4v) is 2.87. The second-order valence-corrected chi connectivity index (χ2v) is 6.45. The number of anilines is 1. The molecular formula is C19H11F6NO2. The van der Waals surface area contributed by atoms with Gasteiger partial charge in [0.25, 0.3) is 5.91 Å². The number of fused-ring (bicyclic) bond motifs is 1. The van der Waals surface area contributed by atoms with Gasteiger partial charge in [-0.2, -0.15) is 0 Å². The molecule has 0 saturated carbocycles. The van der Waals surface area contributed by atoms with Crippen LogP contribution < -0.4 is 9.64 Å². The number of ether oxygens (including phenoxy) is 1. The van der Waals surface area contributed by atoms with E-state index in [-0.39, 0.29) is 18.0 Å². The summed E-state index contributed by atoms with van der Waals surface area (Å²) in [6, 6.07) is 1.45. The van der Waals surface area contributed by atoms with Crippen molar-refractivity contribution < 1.29 is 35.9 Å². The maximum Gasteiger partial charge on any atom is 0.271 e. The van der Waals surface area contributed by atoms with E-state index in [4.69, 9.17) is 11.2 Å². The van der Waals surface area contributed by atoms with E-state index in [9.17, 15) is 31.1 Å². The smallest absolute Gasteiger partial charge is 0.271 e. The van der Waals surface area contributed by atoms with Crippen molar-refractivity contribution in [2.45, 2.75) is 19.4 Å². The van der Waals surface area contributed by atoms with E-state index >= 15 is 0 Å². The minimum Gasteiger partial charge on any atom is -0.476 e. The van der Waals surface area contributed by atoms with Crippen molar-refractivity contribution >= 4 is 11.6 Å². The molecule has 0 aliphatic carbocycles. The molecule has 0 unspecified atom stereocenters. The minimum atomic E-state index is -2.37. The standard InChI is InChI=1S/C19H11F6NO2/c1-4-5-26-10-6-8(9(20)7-11(10)28-19(2,3)18(26)27)12-13(21)15(23)17(25)16(24)14(12)22/h1,6-7H,5H2,2-3H3. The summed E-state index contributed by atoms with van der Waals surface area (Å²) in [5.41, 5.74) is -3.98. The summed E-state index contributed by atoms with van der Waals surface area (Å²) in [6.45, 7) is 2.51. The predicted octanol–water partition coefficient (Wildman–Crippen LogP) is 4.33. The van der Waals surface area contributed by atoms with Crippen molar-refractivity contribution in [1.82, 2.24) is 0 Å². The molecule has 3 nitrogen and oxygen atoms in total. The number of benzene rings is 2. The first-order valence-corrected chi connectivity index (χ1v) is 7.81. The highest BCUT2D eigenvalue weighted by molar-refractivity contribution is 6.03. The Balaban J connectivity index is 2.32. The number of hydrogen-bond donors (Lipinski definition) is 0. The first-order chi connectivity index (χ1) is 13.0. The van der Waals surface area contributed by atoms with E-state index < -0.39 is 57.5 Å². The summed E-state index contributed by atoms with van der Waals surface area (Å²) in [5.74, 6) is -11.1. The molecule has 0 bridgehead atoms. The molecule has 2 aromatic rings. The summed E-state index contributed by atoms with van der Waals surface area (Å²) in [5, 5.41) is 0. The SMILES string of the molecule is C#CCN1C(=O)C(C)(C)Oc2cc(F)c(-c3c(F)c(F)c(F)c(F)c3F)cc21. The van der Waals surface area contributed by atoms with E-state index in [1.54, 1.807) is 0 Å². The molecule has 0 fully saturated rings. The fourth-order valence-electron chi connectivity index (χ4n) is 2.87. The van der Waals surface area contributed by atoms with E-state index in [0.717, 1.165) is 11.0 Å². The Labute approximate surface area is 155 Å². The van der Waals surface area contributed by atoms with Gasteiger partial charge >= 0.3 is 0 Å². The lowest BCUT2D eigenvalue weighted by molar-refractivity contribution is -0.132. The number of halogens is 6. The molecular weight excluding hydrogens is 388 g/mol. The van der Waals surface area contributed by atoms with Crippen molar-refractivity contribution in [3.63, 3.8) is 0 Å². The van der Waals surface area contributed by atoms with E-state index in [1.165, 1.54) is 13.8 Å². The van der Waals surface area contributed by atoms with E-state index in [2.05, 4.69) is 5.92 Å². The molecule has 1 amide bonds. The monoisotopic (exact) mass is 399 g/mol. The Kier molecular flexibility index (Phi) is 4.54. The van der Waals surface area contributed by atoms with Crippen molar-refractivity contribution in [1.29, 1.82) is 0 Å². The minimum absolute atomic E-state index is 0.164. The zero-order valence-electron chi connectivity index (χ0n) is 14.5. The fraction of sp³-hybridized carbons (Fsp3) is 0.211. The van der Waals surface area contributed by atoms with Crippen LogP contribution in [0, 0.1) is 47.2 Å². The molecule has 1 heterocycles. The maximum atomic E-state index is 14.6. The number of amides is 1. The summed E-state index contributed by atoms with van der Waals surface area (Å²) in [4.78, 5) is 13.5. The number of nitrogens with zero attached hydrogens (tertiary/aromatic N) is 1. The molecule has 3 rings (SSSR count). The molecule has 0 N–H and O–H groups in total. The Morgan fingerprint density at radius 3 is 2.07 bits per heavy atom. The quantitative estimate of drug-likeness (QED) is 0.326. The summed E-state index contributed by atoms with van der Waals surface area (Å²) >= 11 is 0. The van der Waals surface area contributed by atoms with Gasteiger partial charge in [0.15, 0.2) is 28.9 Å². The third-order valence-corrected chi connectivity index (χ3v) is 4.19. The van der Waals surface area contributed by atoms with Crippen LogP contribution in [0.3, 0.4) is 0 Å². The van der Waals surface area contributed by atoms with Crippen LogP contribution in [-0.2, 0) is 4.79 Å². The number of hydrogen-bond acceptors (Lipinski definition) is 2. The summed E-state index contributed by atoms with van der Waals surface area (Å²) in [6.07, 6.45) is 5.23. The predicted molar refractivity (Wildman–Crippen MR) is 87.5 cm³/mol. The molecule has 146 valence electrons. The zero-order valence-corrected chi connectivity index (χ0v) is 14.5. The molecule has 0 atom stereocenters. The van der Waals surface area contributed by atoms with Gasteiger partial charge in [-0.1, -0.05) is 5.92 Å². The van der Waals surface area contributed by atoms with Gasteiger partial charge in [0.1, 0.15) is 11.6 Å². The molecule has 0 saturated heterocycles. The van der Waals surface area contributed by atoms with Crippen LogP contribution in [0.5, 0.6) is 5.75 Å². The van der Waals surface area contributed by atoms with E-state index in [1.807, 2.05) is 0 Å². The van der Waals surface area contributed by atoms with Crippen LogP contribution in [0.4, 0.5) is 32.0 Å². The lowest BCUT2D eigenvalue weighted by atomic mass is 9.98. The second kappa shape index (κ2) is 6.48. The van der Waals surface area contributed by atoms with Gasteiger partial charge in [-0.25, -0.2) is 26.3 Å². The van der Waals surface area contributed by atoms with Crippen LogP contribution in [0.25, 0.3) is 11.1 Å². The van der Waals surface area contributed by atoms with Crippen molar-refractivity contribution in [3.8, 4) is 29.2 Å². The number of terminal acetylenes is 1. The molecule has 0 spiro atoms. The van der Waals surface area contributed by atoms with Crippen LogP contribution in [0.15, 0.2) is 12.1 Å². The molecule has 0 aromatic heterocycles. The van der Waals surface area contributed by atoms with Crippen molar-refractivity contribution in [3.05, 3.63) is 47.0 Å². The van der Waals surface area contributed by atoms with Gasteiger partial charge < -0.3 is 4.74 Å². The van der Waals surface area contributed by atoms with E-state index in [0.29, 0.717) is 6.07 Å². The lowest BCUT2D eigenvalue weighted by Crippen LogP contribution is -2.52. The Hall–Kier alpha value is -3.15. The van der Waals surface area contributed by atoms with Gasteiger partial charge in [0.05, 0.1) is 17.8 Å². The van der Waals surface area contributed by atoms with Crippen molar-refractivity contribution in [2.75, 3.05) is 11.4 Å². The Morgan fingerprint density at radius 2 is 1.54 bits per heavy atom. The van der Waals surface area contributed by atoms with Gasteiger partial charge in [0.2, 0.25) is 5.82 Å². The molecule has 28 heavy (non-hydrogen) atoms. The number of carbonyl (C=O) groups is 1. The maximum absolute atomic E-state index is 14.6. The average molecular weight is 399 g/mol. The first-order valence-electron chi connectivity index (χ1n) is 7.81. The topological polar surface area (TPSA) is 29.5 Å².